The molecule has 1 aromatic carbocycles. The van der Waals surface area contributed by atoms with Crippen molar-refractivity contribution in [1.29, 1.82) is 0 Å². The normalized spacial score (nSPS) is 11.0. The first kappa shape index (κ1) is 20.9. The van der Waals surface area contributed by atoms with E-state index in [4.69, 9.17) is 9.47 Å². The number of nitrogens with one attached hydrogen (secondary N) is 2. The average molecular weight is 415 g/mol. The Morgan fingerprint density at radius 3 is 2.69 bits per heavy atom. The molecule has 0 saturated heterocycles. The predicted molar refractivity (Wildman–Crippen MR) is 116 cm³/mol. The summed E-state index contributed by atoms with van der Waals surface area (Å²) < 4.78 is 10.9. The third-order valence-electron chi connectivity index (χ3n) is 4.53. The van der Waals surface area contributed by atoms with Crippen LogP contribution < -0.4 is 20.1 Å². The van der Waals surface area contributed by atoms with Gasteiger partial charge in [0.05, 0.1) is 24.5 Å². The maximum absolute atomic E-state index is 12.6. The molecular weight excluding hydrogens is 388 g/mol. The van der Waals surface area contributed by atoms with Gasteiger partial charge in [0.25, 0.3) is 5.91 Å². The summed E-state index contributed by atoms with van der Waals surface area (Å²) >= 11 is 1.39. The Hall–Kier alpha value is -2.87. The first-order valence-corrected chi connectivity index (χ1v) is 10.2. The fourth-order valence-electron chi connectivity index (χ4n) is 3.07. The minimum absolute atomic E-state index is 0.0698. The highest BCUT2D eigenvalue weighted by molar-refractivity contribution is 7.20. The first-order chi connectivity index (χ1) is 14.0. The Kier molecular flexibility index (Phi) is 6.53. The predicted octanol–water partition coefficient (Wildman–Crippen LogP) is 4.01. The Bertz CT molecular complexity index is 1020. The van der Waals surface area contributed by atoms with Gasteiger partial charge in [0, 0.05) is 18.7 Å². The topological polar surface area (TPSA) is 85.4 Å². The van der Waals surface area contributed by atoms with E-state index in [-0.39, 0.29) is 5.91 Å². The number of rotatable bonds is 8. The second kappa shape index (κ2) is 9.09. The standard InChI is InChI=1S/C21H26N4O3S/c1-12(2)9-23-20(26)18-13(3)16-19(24-11-25-21(16)29-18)22-10-14-7-6-8-15(27-4)17(14)28-5/h6-8,11-12H,9-10H2,1-5H3,(H,23,26)(H,22,24,25). The second-order valence-electron chi connectivity index (χ2n) is 7.07. The summed E-state index contributed by atoms with van der Waals surface area (Å²) in [6.07, 6.45) is 1.51. The van der Waals surface area contributed by atoms with E-state index in [0.29, 0.717) is 41.2 Å². The molecule has 3 rings (SSSR count). The van der Waals surface area contributed by atoms with E-state index in [9.17, 15) is 4.79 Å². The third kappa shape index (κ3) is 4.42. The molecule has 0 aliphatic carbocycles. The minimum Gasteiger partial charge on any atom is -0.493 e. The van der Waals surface area contributed by atoms with Crippen LogP contribution in [0.25, 0.3) is 10.2 Å². The quantitative estimate of drug-likeness (QED) is 0.579. The average Bonchev–Trinajstić information content (AvgIpc) is 3.07. The van der Waals surface area contributed by atoms with Crippen molar-refractivity contribution >= 4 is 33.3 Å². The van der Waals surface area contributed by atoms with Crippen LogP contribution in [0.5, 0.6) is 11.5 Å². The van der Waals surface area contributed by atoms with Gasteiger partial charge in [0.1, 0.15) is 17.0 Å². The van der Waals surface area contributed by atoms with Crippen molar-refractivity contribution in [2.45, 2.75) is 27.3 Å². The number of hydrogen-bond donors (Lipinski definition) is 2. The van der Waals surface area contributed by atoms with Crippen molar-refractivity contribution in [3.63, 3.8) is 0 Å². The summed E-state index contributed by atoms with van der Waals surface area (Å²) in [6, 6.07) is 5.75. The molecule has 2 heterocycles. The van der Waals surface area contributed by atoms with Gasteiger partial charge in [-0.15, -0.1) is 11.3 Å². The highest BCUT2D eigenvalue weighted by Gasteiger charge is 2.19. The van der Waals surface area contributed by atoms with Gasteiger partial charge in [0.2, 0.25) is 0 Å². The Balaban J connectivity index is 1.89. The van der Waals surface area contributed by atoms with E-state index in [1.165, 1.54) is 17.7 Å². The van der Waals surface area contributed by atoms with Gasteiger partial charge in [-0.25, -0.2) is 9.97 Å². The first-order valence-electron chi connectivity index (χ1n) is 9.42. The van der Waals surface area contributed by atoms with Crippen molar-refractivity contribution in [3.05, 3.63) is 40.5 Å². The molecule has 0 atom stereocenters. The van der Waals surface area contributed by atoms with Crippen molar-refractivity contribution in [3.8, 4) is 11.5 Å². The maximum atomic E-state index is 12.6. The van der Waals surface area contributed by atoms with Crippen LogP contribution in [0.3, 0.4) is 0 Å². The zero-order chi connectivity index (χ0) is 21.0. The number of fused-ring (bicyclic) bond motifs is 1. The van der Waals surface area contributed by atoms with Crippen molar-refractivity contribution in [1.82, 2.24) is 15.3 Å². The molecule has 0 unspecified atom stereocenters. The number of methoxy groups -OCH3 is 2. The lowest BCUT2D eigenvalue weighted by Crippen LogP contribution is -2.27. The van der Waals surface area contributed by atoms with Crippen LogP contribution in [0.4, 0.5) is 5.82 Å². The van der Waals surface area contributed by atoms with Crippen molar-refractivity contribution < 1.29 is 14.3 Å². The molecule has 3 aromatic rings. The SMILES string of the molecule is COc1cccc(CNc2ncnc3sc(C(=O)NCC(C)C)c(C)c23)c1OC. The van der Waals surface area contributed by atoms with Crippen LogP contribution in [0, 0.1) is 12.8 Å². The largest absolute Gasteiger partial charge is 0.493 e. The van der Waals surface area contributed by atoms with Crippen LogP contribution in [0.2, 0.25) is 0 Å². The van der Waals surface area contributed by atoms with Gasteiger partial charge in [0.15, 0.2) is 11.5 Å². The molecule has 0 aliphatic rings. The molecule has 2 aromatic heterocycles. The van der Waals surface area contributed by atoms with Gasteiger partial charge in [-0.2, -0.15) is 0 Å². The van der Waals surface area contributed by atoms with Crippen LogP contribution in [0.1, 0.15) is 34.6 Å². The van der Waals surface area contributed by atoms with Crippen molar-refractivity contribution in [2.75, 3.05) is 26.1 Å². The van der Waals surface area contributed by atoms with E-state index in [1.54, 1.807) is 14.2 Å². The summed E-state index contributed by atoms with van der Waals surface area (Å²) in [5.74, 6) is 2.37. The van der Waals surface area contributed by atoms with Crippen LogP contribution in [0.15, 0.2) is 24.5 Å². The minimum atomic E-state index is -0.0698. The number of carbonyl (C=O) groups excluding carboxylic acids is 1. The number of carbonyl (C=O) groups is 1. The molecule has 2 N–H and O–H groups in total. The molecule has 1 amide bonds. The smallest absolute Gasteiger partial charge is 0.261 e. The van der Waals surface area contributed by atoms with E-state index >= 15 is 0 Å². The lowest BCUT2D eigenvalue weighted by atomic mass is 10.1. The maximum Gasteiger partial charge on any atom is 0.261 e. The number of aryl methyl sites for hydroxylation is 1. The van der Waals surface area contributed by atoms with E-state index < -0.39 is 0 Å². The van der Waals surface area contributed by atoms with Gasteiger partial charge < -0.3 is 20.1 Å². The summed E-state index contributed by atoms with van der Waals surface area (Å²) in [5, 5.41) is 7.21. The number of amides is 1. The Morgan fingerprint density at radius 1 is 1.21 bits per heavy atom. The molecule has 0 saturated carbocycles. The van der Waals surface area contributed by atoms with E-state index in [1.807, 2.05) is 25.1 Å². The second-order valence-corrected chi connectivity index (χ2v) is 8.07. The monoisotopic (exact) mass is 414 g/mol. The highest BCUT2D eigenvalue weighted by Crippen LogP contribution is 2.35. The molecule has 0 bridgehead atoms. The Morgan fingerprint density at radius 2 is 2.00 bits per heavy atom. The molecule has 29 heavy (non-hydrogen) atoms. The van der Waals surface area contributed by atoms with Crippen LogP contribution in [-0.2, 0) is 6.54 Å². The van der Waals surface area contributed by atoms with Crippen LogP contribution in [-0.4, -0.2) is 36.6 Å². The number of benzene rings is 1. The fourth-order valence-corrected chi connectivity index (χ4v) is 4.14. The third-order valence-corrected chi connectivity index (χ3v) is 5.73. The number of thiophene rings is 1. The molecule has 0 fully saturated rings. The van der Waals surface area contributed by atoms with E-state index in [2.05, 4.69) is 34.4 Å². The zero-order valence-corrected chi connectivity index (χ0v) is 18.1. The summed E-state index contributed by atoms with van der Waals surface area (Å²) in [6.45, 7) is 7.20. The molecule has 8 heteroatoms. The number of hydrogen-bond acceptors (Lipinski definition) is 7. The Labute approximate surface area is 174 Å². The summed E-state index contributed by atoms with van der Waals surface area (Å²) in [4.78, 5) is 22.8. The van der Waals surface area contributed by atoms with Gasteiger partial charge >= 0.3 is 0 Å². The summed E-state index contributed by atoms with van der Waals surface area (Å²) in [5.41, 5.74) is 1.83. The summed E-state index contributed by atoms with van der Waals surface area (Å²) in [7, 11) is 3.24. The van der Waals surface area contributed by atoms with Gasteiger partial charge in [-0.1, -0.05) is 26.0 Å². The number of ether oxygens (including phenoxy) is 2. The molecular formula is C21H26N4O3S. The molecule has 0 spiro atoms. The molecule has 7 nitrogen and oxygen atoms in total. The lowest BCUT2D eigenvalue weighted by Gasteiger charge is -2.13. The zero-order valence-electron chi connectivity index (χ0n) is 17.3. The number of anilines is 1. The van der Waals surface area contributed by atoms with Crippen molar-refractivity contribution in [2.24, 2.45) is 5.92 Å². The number of aromatic nitrogens is 2. The van der Waals surface area contributed by atoms with Crippen LogP contribution >= 0.6 is 11.3 Å². The number of nitrogens with zero attached hydrogens (tertiary/aromatic N) is 2. The van der Waals surface area contributed by atoms with Gasteiger partial charge in [-0.3, -0.25) is 4.79 Å². The molecule has 0 radical (unpaired) electrons. The molecule has 154 valence electrons. The van der Waals surface area contributed by atoms with Gasteiger partial charge in [-0.05, 0) is 24.5 Å². The lowest BCUT2D eigenvalue weighted by molar-refractivity contribution is 0.0952. The highest BCUT2D eigenvalue weighted by atomic mass is 32.1. The fraction of sp³-hybridized carbons (Fsp3) is 0.381. The molecule has 0 aliphatic heterocycles. The van der Waals surface area contributed by atoms with E-state index in [0.717, 1.165) is 21.3 Å². The number of para-hydroxylation sites is 1.